The van der Waals surface area contributed by atoms with Crippen molar-refractivity contribution in [1.82, 2.24) is 0 Å². The molecule has 0 aromatic heterocycles. The summed E-state index contributed by atoms with van der Waals surface area (Å²) in [5.74, 6) is 0. The predicted molar refractivity (Wildman–Crippen MR) is 89.1 cm³/mol. The van der Waals surface area contributed by atoms with E-state index in [1.165, 1.54) is 10.4 Å². The molecule has 2 rings (SSSR count). The maximum Gasteiger partial charge on any atom is 0.0875 e. The van der Waals surface area contributed by atoms with Crippen molar-refractivity contribution in [2.75, 3.05) is 0 Å². The Morgan fingerprint density at radius 1 is 0.600 bits per heavy atom. The fourth-order valence-electron chi connectivity index (χ4n) is 1.43. The van der Waals surface area contributed by atoms with Crippen LogP contribution in [-0.4, -0.2) is 25.9 Å². The molecule has 0 saturated heterocycles. The summed E-state index contributed by atoms with van der Waals surface area (Å²) >= 11 is -1.66. The van der Waals surface area contributed by atoms with Crippen LogP contribution in [0.4, 0.5) is 0 Å². The molecule has 0 atom stereocenters. The third-order valence-electron chi connectivity index (χ3n) is 2.09. The zero-order valence-corrected chi connectivity index (χ0v) is 15.8. The van der Waals surface area contributed by atoms with Gasteiger partial charge in [-0.3, -0.25) is 0 Å². The van der Waals surface area contributed by atoms with Crippen molar-refractivity contribution in [3.05, 3.63) is 60.7 Å². The molecule has 6 N–H and O–H groups in total. The van der Waals surface area contributed by atoms with Crippen molar-refractivity contribution in [1.29, 1.82) is 0 Å². The Labute approximate surface area is 138 Å². The Morgan fingerprint density at radius 3 is 1.10 bits per heavy atom. The van der Waals surface area contributed by atoms with Gasteiger partial charge in [-0.25, -0.2) is 0 Å². The van der Waals surface area contributed by atoms with E-state index in [4.69, 9.17) is 29.1 Å². The molecule has 0 radical (unpaired) electrons. The first-order valence-corrected chi connectivity index (χ1v) is 12.7. The first-order chi connectivity index (χ1) is 8.18. The molecular weight excluding hydrogens is 429 g/mol. The summed E-state index contributed by atoms with van der Waals surface area (Å²) in [5, 5.41) is 3.02. The summed E-state index contributed by atoms with van der Waals surface area (Å²) in [7, 11) is 14.6. The molecule has 0 aliphatic rings. The molecule has 3 nitrogen and oxygen atoms in total. The van der Waals surface area contributed by atoms with E-state index in [1.54, 1.807) is 0 Å². The van der Waals surface area contributed by atoms with E-state index in [2.05, 4.69) is 60.7 Å². The summed E-state index contributed by atoms with van der Waals surface area (Å²) in [6, 6.07) is 21.5. The standard InChI is InChI=1S/C12H12Si.3ClH.3H2O.Rh/c1-3-7-11(8-4-1)13-12-9-5-2-6-10-12;;;;;;;/h1-10H,13H2;3*1H;3*1H2;/q;;;;;;;+3/p-3. The normalized spacial score (nSPS) is 8.65. The van der Waals surface area contributed by atoms with Crippen LogP contribution < -0.4 is 10.4 Å². The van der Waals surface area contributed by atoms with Crippen LogP contribution >= 0.6 is 29.1 Å². The molecule has 0 spiro atoms. The van der Waals surface area contributed by atoms with Gasteiger partial charge >= 0.3 is 42.1 Å². The topological polar surface area (TPSA) is 94.5 Å². The van der Waals surface area contributed by atoms with Crippen LogP contribution in [-0.2, 0) is 13.0 Å². The molecule has 0 fully saturated rings. The zero-order chi connectivity index (χ0) is 12.5. The Morgan fingerprint density at radius 2 is 0.850 bits per heavy atom. The van der Waals surface area contributed by atoms with Crippen LogP contribution in [0.15, 0.2) is 60.7 Å². The monoisotopic (exact) mass is 446 g/mol. The number of rotatable bonds is 2. The van der Waals surface area contributed by atoms with E-state index in [9.17, 15) is 0 Å². The van der Waals surface area contributed by atoms with Crippen LogP contribution in [0, 0.1) is 0 Å². The second-order valence-electron chi connectivity index (χ2n) is 3.29. The van der Waals surface area contributed by atoms with Gasteiger partial charge in [0.05, 0.1) is 9.52 Å². The number of hydrogen-bond donors (Lipinski definition) is 0. The van der Waals surface area contributed by atoms with Gasteiger partial charge in [0, 0.05) is 0 Å². The first-order valence-electron chi connectivity index (χ1n) is 4.91. The maximum absolute atomic E-state index is 4.94. The van der Waals surface area contributed by atoms with Crippen molar-refractivity contribution in [3.8, 4) is 0 Å². The summed E-state index contributed by atoms with van der Waals surface area (Å²) in [6.07, 6.45) is 0. The quantitative estimate of drug-likeness (QED) is 0.596. The molecule has 0 aliphatic carbocycles. The fraction of sp³-hybridized carbons (Fsp3) is 0. The second kappa shape index (κ2) is 15.4. The van der Waals surface area contributed by atoms with E-state index >= 15 is 0 Å². The Kier molecular flexibility index (Phi) is 19.3. The maximum atomic E-state index is 4.94. The summed E-state index contributed by atoms with van der Waals surface area (Å²) in [5.41, 5.74) is 0. The van der Waals surface area contributed by atoms with E-state index in [0.29, 0.717) is 0 Å². The van der Waals surface area contributed by atoms with Crippen molar-refractivity contribution in [2.24, 2.45) is 0 Å². The molecule has 0 saturated carbocycles. The van der Waals surface area contributed by atoms with Gasteiger partial charge in [0.15, 0.2) is 0 Å². The van der Waals surface area contributed by atoms with Gasteiger partial charge in [-0.15, -0.1) is 0 Å². The predicted octanol–water partition coefficient (Wildman–Crippen LogP) is 0.398. The molecule has 2 aromatic rings. The minimum absolute atomic E-state index is 0. The molecule has 118 valence electrons. The average molecular weight is 448 g/mol. The number of hydrogen-bond acceptors (Lipinski definition) is 0. The molecule has 20 heavy (non-hydrogen) atoms. The number of benzene rings is 2. The zero-order valence-electron chi connectivity index (χ0n) is 10.4. The van der Waals surface area contributed by atoms with Gasteiger partial charge in [-0.05, 0) is 0 Å². The molecule has 0 unspecified atom stereocenters. The summed E-state index contributed by atoms with van der Waals surface area (Å²) < 4.78 is 0. The number of halogens is 3. The molecule has 0 amide bonds. The summed E-state index contributed by atoms with van der Waals surface area (Å²) in [6.45, 7) is 0. The molecule has 0 bridgehead atoms. The van der Waals surface area contributed by atoms with Crippen LogP contribution in [0.3, 0.4) is 0 Å². The van der Waals surface area contributed by atoms with E-state index < -0.39 is 13.0 Å². The third-order valence-corrected chi connectivity index (χ3v) is 3.85. The minimum Gasteiger partial charge on any atom is -0.0633 e. The van der Waals surface area contributed by atoms with Gasteiger partial charge in [-0.1, -0.05) is 71.0 Å². The van der Waals surface area contributed by atoms with Gasteiger partial charge in [-0.2, -0.15) is 0 Å². The molecule has 0 heterocycles. The van der Waals surface area contributed by atoms with E-state index in [-0.39, 0.29) is 25.9 Å². The van der Waals surface area contributed by atoms with Gasteiger partial charge < -0.3 is 16.4 Å². The van der Waals surface area contributed by atoms with Crippen molar-refractivity contribution < 1.29 is 29.4 Å². The largest absolute Gasteiger partial charge is 0.0875 e. The van der Waals surface area contributed by atoms with E-state index in [1.807, 2.05) is 0 Å². The van der Waals surface area contributed by atoms with Gasteiger partial charge in [0.25, 0.3) is 0 Å². The van der Waals surface area contributed by atoms with E-state index in [0.717, 1.165) is 0 Å². The van der Waals surface area contributed by atoms with Crippen LogP contribution in [0.2, 0.25) is 0 Å². The molecule has 2 aromatic carbocycles. The minimum atomic E-state index is -1.66. The Hall–Kier alpha value is 0.0303. The van der Waals surface area contributed by atoms with Crippen molar-refractivity contribution in [3.63, 3.8) is 0 Å². The Bertz CT molecular complexity index is 381. The Balaban J connectivity index is -0.000000372. The van der Waals surface area contributed by atoms with Crippen molar-refractivity contribution >= 4 is 49.0 Å². The van der Waals surface area contributed by atoms with Crippen molar-refractivity contribution in [2.45, 2.75) is 0 Å². The summed E-state index contributed by atoms with van der Waals surface area (Å²) in [4.78, 5) is 0. The van der Waals surface area contributed by atoms with Crippen LogP contribution in [0.1, 0.15) is 0 Å². The first kappa shape index (κ1) is 25.0. The fourth-order valence-corrected chi connectivity index (χ4v) is 2.91. The van der Waals surface area contributed by atoms with Crippen LogP contribution in [0.25, 0.3) is 0 Å². The van der Waals surface area contributed by atoms with Crippen LogP contribution in [0.5, 0.6) is 0 Å². The van der Waals surface area contributed by atoms with Gasteiger partial charge in [0.2, 0.25) is 0 Å². The average Bonchev–Trinajstić information content (AvgIpc) is 2.31. The second-order valence-corrected chi connectivity index (χ2v) is 12.7. The molecule has 8 heteroatoms. The smallest absolute Gasteiger partial charge is 0.0633 e. The molecule has 0 aliphatic heterocycles. The van der Waals surface area contributed by atoms with Gasteiger partial charge in [0.1, 0.15) is 0 Å². The molecular formula is C12H18Cl3O3RhSi. The SMILES string of the molecule is O.O.O.[Cl][Rh]([Cl])[Cl].c1ccc([SiH2]c2ccccc2)cc1. The third kappa shape index (κ3) is 13.0.